The van der Waals surface area contributed by atoms with Crippen LogP contribution in [0.15, 0.2) is 29.2 Å². The maximum atomic E-state index is 5.22. The minimum absolute atomic E-state index is 0. The first-order valence-corrected chi connectivity index (χ1v) is 9.33. The topological polar surface area (TPSA) is 15.7 Å². The molecule has 3 nitrogen and oxygen atoms in total. The summed E-state index contributed by atoms with van der Waals surface area (Å²) in [5.74, 6) is 1.87. The number of hydrogen-bond acceptors (Lipinski definition) is 4. The van der Waals surface area contributed by atoms with E-state index >= 15 is 0 Å². The lowest BCUT2D eigenvalue weighted by molar-refractivity contribution is 0.103. The summed E-state index contributed by atoms with van der Waals surface area (Å²) in [6.45, 7) is 7.43. The molecule has 0 amide bonds. The second-order valence-electron chi connectivity index (χ2n) is 6.65. The van der Waals surface area contributed by atoms with Crippen molar-refractivity contribution in [1.82, 2.24) is 9.21 Å². The second-order valence-corrected chi connectivity index (χ2v) is 7.82. The van der Waals surface area contributed by atoms with E-state index in [9.17, 15) is 0 Å². The molecule has 0 aromatic heterocycles. The third-order valence-corrected chi connectivity index (χ3v) is 6.16. The van der Waals surface area contributed by atoms with E-state index < -0.39 is 0 Å². The van der Waals surface area contributed by atoms with Gasteiger partial charge < -0.3 is 9.64 Å². The molecule has 0 radical (unpaired) electrons. The van der Waals surface area contributed by atoms with Crippen molar-refractivity contribution in [3.63, 3.8) is 0 Å². The summed E-state index contributed by atoms with van der Waals surface area (Å²) in [5, 5.41) is 0. The maximum Gasteiger partial charge on any atom is 0.118 e. The van der Waals surface area contributed by atoms with Crippen LogP contribution in [0.3, 0.4) is 0 Å². The van der Waals surface area contributed by atoms with Gasteiger partial charge in [0, 0.05) is 24.0 Å². The molecule has 0 bridgehead atoms. The van der Waals surface area contributed by atoms with Crippen LogP contribution < -0.4 is 4.74 Å². The molecule has 2 fully saturated rings. The van der Waals surface area contributed by atoms with Crippen molar-refractivity contribution in [2.24, 2.45) is 5.92 Å². The third-order valence-electron chi connectivity index (χ3n) is 5.05. The van der Waals surface area contributed by atoms with E-state index in [0.717, 1.165) is 17.7 Å². The van der Waals surface area contributed by atoms with Gasteiger partial charge in [-0.1, -0.05) is 14.4 Å². The average Bonchev–Trinajstić information content (AvgIpc) is 2.57. The Hall–Kier alpha value is -0.710. The van der Waals surface area contributed by atoms with Gasteiger partial charge in [0.2, 0.25) is 0 Å². The molecule has 0 atom stereocenters. The van der Waals surface area contributed by atoms with Crippen molar-refractivity contribution in [3.8, 4) is 5.75 Å². The van der Waals surface area contributed by atoms with E-state index in [0.29, 0.717) is 0 Å². The lowest BCUT2D eigenvalue weighted by Crippen LogP contribution is -2.46. The van der Waals surface area contributed by atoms with E-state index in [2.05, 4.69) is 28.3 Å². The summed E-state index contributed by atoms with van der Waals surface area (Å²) < 4.78 is 7.74. The molecule has 2 heterocycles. The molecule has 1 aromatic rings. The van der Waals surface area contributed by atoms with Crippen LogP contribution in [0.25, 0.3) is 0 Å². The fourth-order valence-electron chi connectivity index (χ4n) is 3.48. The van der Waals surface area contributed by atoms with Crippen LogP contribution >= 0.6 is 11.9 Å². The zero-order valence-corrected chi connectivity index (χ0v) is 14.6. The molecule has 0 aliphatic carbocycles. The fourth-order valence-corrected chi connectivity index (χ4v) is 4.43. The van der Waals surface area contributed by atoms with Crippen LogP contribution in [0.1, 0.15) is 40.0 Å². The molecule has 4 heteroatoms. The first kappa shape index (κ1) is 18.6. The quantitative estimate of drug-likeness (QED) is 0.750. The summed E-state index contributed by atoms with van der Waals surface area (Å²) in [6, 6.07) is 9.22. The van der Waals surface area contributed by atoms with Crippen molar-refractivity contribution in [3.05, 3.63) is 24.3 Å². The highest BCUT2D eigenvalue weighted by molar-refractivity contribution is 7.97. The summed E-state index contributed by atoms with van der Waals surface area (Å²) in [4.78, 5) is 4.06. The first-order chi connectivity index (χ1) is 10.7. The third kappa shape index (κ3) is 5.13. The lowest BCUT2D eigenvalue weighted by atomic mass is 9.95. The minimum atomic E-state index is 0. The van der Waals surface area contributed by atoms with Gasteiger partial charge in [-0.2, -0.15) is 0 Å². The SMILES string of the molecule is C.COc1ccc(SN2CCC(N3CCC(C)CC3)CC2)cc1. The standard InChI is InChI=1S/C18H28N2OS.CH4/c1-15-7-11-19(12-8-15)16-9-13-20(14-10-16)22-18-5-3-17(21-2)4-6-18;/h3-6,15-16H,7-14H2,1-2H3;1H4. The molecule has 0 unspecified atom stereocenters. The Kier molecular flexibility index (Phi) is 7.25. The highest BCUT2D eigenvalue weighted by Crippen LogP contribution is 2.30. The van der Waals surface area contributed by atoms with Gasteiger partial charge in [-0.15, -0.1) is 0 Å². The number of methoxy groups -OCH3 is 1. The van der Waals surface area contributed by atoms with Gasteiger partial charge in [-0.05, 0) is 80.9 Å². The molecule has 0 saturated carbocycles. The van der Waals surface area contributed by atoms with Gasteiger partial charge >= 0.3 is 0 Å². The number of ether oxygens (including phenoxy) is 1. The molecule has 23 heavy (non-hydrogen) atoms. The van der Waals surface area contributed by atoms with Crippen LogP contribution in [0.5, 0.6) is 5.75 Å². The van der Waals surface area contributed by atoms with Gasteiger partial charge in [0.1, 0.15) is 5.75 Å². The van der Waals surface area contributed by atoms with Gasteiger partial charge in [-0.3, -0.25) is 0 Å². The number of likely N-dealkylation sites (tertiary alicyclic amines) is 1. The minimum Gasteiger partial charge on any atom is -0.497 e. The molecule has 2 saturated heterocycles. The fraction of sp³-hybridized carbons (Fsp3) is 0.684. The molecular formula is C19H32N2OS. The van der Waals surface area contributed by atoms with Gasteiger partial charge in [0.25, 0.3) is 0 Å². The monoisotopic (exact) mass is 336 g/mol. The molecule has 1 aromatic carbocycles. The second kappa shape index (κ2) is 8.95. The molecule has 130 valence electrons. The molecule has 0 spiro atoms. The van der Waals surface area contributed by atoms with Crippen molar-refractivity contribution in [2.75, 3.05) is 33.3 Å². The van der Waals surface area contributed by atoms with Crippen molar-refractivity contribution < 1.29 is 4.74 Å². The van der Waals surface area contributed by atoms with Gasteiger partial charge in [0.05, 0.1) is 7.11 Å². The smallest absolute Gasteiger partial charge is 0.118 e. The predicted octanol–water partition coefficient (Wildman–Crippen LogP) is 4.53. The Morgan fingerprint density at radius 2 is 1.57 bits per heavy atom. The highest BCUT2D eigenvalue weighted by Gasteiger charge is 2.27. The Morgan fingerprint density at radius 3 is 2.13 bits per heavy atom. The largest absolute Gasteiger partial charge is 0.497 e. The summed E-state index contributed by atoms with van der Waals surface area (Å²) in [5.41, 5.74) is 0. The molecule has 2 aliphatic heterocycles. The molecule has 0 N–H and O–H groups in total. The number of hydrogen-bond donors (Lipinski definition) is 0. The van der Waals surface area contributed by atoms with Crippen LogP contribution in [0, 0.1) is 5.92 Å². The highest BCUT2D eigenvalue weighted by atomic mass is 32.2. The number of rotatable bonds is 4. The van der Waals surface area contributed by atoms with Gasteiger partial charge in [0.15, 0.2) is 0 Å². The maximum absolute atomic E-state index is 5.22. The summed E-state index contributed by atoms with van der Waals surface area (Å²) in [7, 11) is 1.72. The molecule has 3 rings (SSSR count). The Morgan fingerprint density at radius 1 is 0.957 bits per heavy atom. The average molecular weight is 337 g/mol. The lowest BCUT2D eigenvalue weighted by Gasteiger charge is -2.41. The normalized spacial score (nSPS) is 21.8. The van der Waals surface area contributed by atoms with Crippen LogP contribution in [-0.4, -0.2) is 48.5 Å². The van der Waals surface area contributed by atoms with Crippen molar-refractivity contribution in [1.29, 1.82) is 0 Å². The Balaban J connectivity index is 0.00000192. The van der Waals surface area contributed by atoms with E-state index in [4.69, 9.17) is 4.74 Å². The summed E-state index contributed by atoms with van der Waals surface area (Å²) >= 11 is 1.89. The molecular weight excluding hydrogens is 304 g/mol. The zero-order chi connectivity index (χ0) is 15.4. The van der Waals surface area contributed by atoms with Crippen LogP contribution in [0.2, 0.25) is 0 Å². The van der Waals surface area contributed by atoms with E-state index in [-0.39, 0.29) is 7.43 Å². The Bertz CT molecular complexity index is 449. The molecule has 2 aliphatic rings. The number of piperidine rings is 2. The predicted molar refractivity (Wildman–Crippen MR) is 100 cm³/mol. The van der Waals surface area contributed by atoms with Crippen LogP contribution in [-0.2, 0) is 0 Å². The van der Waals surface area contributed by atoms with Gasteiger partial charge in [-0.25, -0.2) is 4.31 Å². The zero-order valence-electron chi connectivity index (χ0n) is 13.8. The van der Waals surface area contributed by atoms with Crippen molar-refractivity contribution in [2.45, 2.75) is 51.0 Å². The van der Waals surface area contributed by atoms with E-state index in [1.165, 1.54) is 56.8 Å². The number of nitrogens with zero attached hydrogens (tertiary/aromatic N) is 2. The summed E-state index contributed by atoms with van der Waals surface area (Å²) in [6.07, 6.45) is 5.41. The van der Waals surface area contributed by atoms with E-state index in [1.807, 2.05) is 24.1 Å². The van der Waals surface area contributed by atoms with Crippen molar-refractivity contribution >= 4 is 11.9 Å². The van der Waals surface area contributed by atoms with Crippen LogP contribution in [0.4, 0.5) is 0 Å². The first-order valence-electron chi connectivity index (χ1n) is 8.55. The van der Waals surface area contributed by atoms with E-state index in [1.54, 1.807) is 7.11 Å². The Labute approximate surface area is 146 Å². The number of benzene rings is 1.